The van der Waals surface area contributed by atoms with Crippen LogP contribution >= 0.6 is 0 Å². The number of para-hydroxylation sites is 1. The molecule has 1 aliphatic rings. The van der Waals surface area contributed by atoms with Crippen LogP contribution < -0.4 is 15.4 Å². The molecule has 1 heterocycles. The number of rotatable bonds is 6. The van der Waals surface area contributed by atoms with E-state index in [9.17, 15) is 4.79 Å². The third-order valence-electron chi connectivity index (χ3n) is 4.66. The Morgan fingerprint density at radius 3 is 2.73 bits per heavy atom. The van der Waals surface area contributed by atoms with Crippen molar-refractivity contribution >= 4 is 11.9 Å². The third-order valence-corrected chi connectivity index (χ3v) is 4.66. The van der Waals surface area contributed by atoms with Gasteiger partial charge in [0.1, 0.15) is 11.4 Å². The van der Waals surface area contributed by atoms with Crippen molar-refractivity contribution in [3.63, 3.8) is 0 Å². The zero-order valence-electron chi connectivity index (χ0n) is 15.4. The van der Waals surface area contributed by atoms with E-state index in [0.717, 1.165) is 29.8 Å². The first kappa shape index (κ1) is 18.2. The molecule has 0 atom stereocenters. The predicted molar refractivity (Wildman–Crippen MR) is 101 cm³/mol. The van der Waals surface area contributed by atoms with Gasteiger partial charge in [-0.05, 0) is 31.9 Å². The lowest BCUT2D eigenvalue weighted by Crippen LogP contribution is -2.36. The highest BCUT2D eigenvalue weighted by Gasteiger charge is 2.18. The molecule has 0 unspecified atom stereocenters. The Bertz CT molecular complexity index is 757. The number of carbonyl (C=O) groups excluding carboxylic acids is 1. The standard InChI is InChI=1S/C20H26N4O2/c1-14-12-17(19(25)23-16-9-4-3-5-10-16)24-20(22-14)21-13-15-8-6-7-11-18(15)26-2/h6-8,11-12,16H,3-5,9-10,13H2,1-2H3,(H,23,25)(H,21,22,24). The molecule has 1 aromatic carbocycles. The quantitative estimate of drug-likeness (QED) is 0.831. The highest BCUT2D eigenvalue weighted by Crippen LogP contribution is 2.19. The Morgan fingerprint density at radius 1 is 1.19 bits per heavy atom. The fraction of sp³-hybridized carbons (Fsp3) is 0.450. The normalized spacial score (nSPS) is 14.7. The molecule has 2 N–H and O–H groups in total. The molecule has 138 valence electrons. The van der Waals surface area contributed by atoms with Crippen molar-refractivity contribution in [2.24, 2.45) is 0 Å². The van der Waals surface area contributed by atoms with Crippen LogP contribution in [0.15, 0.2) is 30.3 Å². The summed E-state index contributed by atoms with van der Waals surface area (Å²) >= 11 is 0. The van der Waals surface area contributed by atoms with Crippen LogP contribution in [-0.4, -0.2) is 29.0 Å². The average molecular weight is 354 g/mol. The lowest BCUT2D eigenvalue weighted by atomic mass is 9.95. The van der Waals surface area contributed by atoms with Crippen LogP contribution in [-0.2, 0) is 6.54 Å². The monoisotopic (exact) mass is 354 g/mol. The van der Waals surface area contributed by atoms with E-state index in [2.05, 4.69) is 20.6 Å². The molecule has 6 nitrogen and oxygen atoms in total. The molecule has 0 aliphatic heterocycles. The number of nitrogens with zero attached hydrogens (tertiary/aromatic N) is 2. The maximum Gasteiger partial charge on any atom is 0.270 e. The van der Waals surface area contributed by atoms with E-state index in [1.54, 1.807) is 13.2 Å². The van der Waals surface area contributed by atoms with Crippen molar-refractivity contribution < 1.29 is 9.53 Å². The molecule has 1 fully saturated rings. The number of hydrogen-bond acceptors (Lipinski definition) is 5. The van der Waals surface area contributed by atoms with Crippen molar-refractivity contribution in [1.82, 2.24) is 15.3 Å². The van der Waals surface area contributed by atoms with E-state index < -0.39 is 0 Å². The molecule has 1 saturated carbocycles. The fourth-order valence-electron chi connectivity index (χ4n) is 3.29. The van der Waals surface area contributed by atoms with Crippen LogP contribution in [0.25, 0.3) is 0 Å². The first-order valence-corrected chi connectivity index (χ1v) is 9.18. The molecule has 0 saturated heterocycles. The highest BCUT2D eigenvalue weighted by molar-refractivity contribution is 5.92. The van der Waals surface area contributed by atoms with Gasteiger partial charge >= 0.3 is 0 Å². The minimum Gasteiger partial charge on any atom is -0.496 e. The summed E-state index contributed by atoms with van der Waals surface area (Å²) < 4.78 is 5.36. The molecule has 0 spiro atoms. The number of carbonyl (C=O) groups is 1. The van der Waals surface area contributed by atoms with Crippen LogP contribution in [0.4, 0.5) is 5.95 Å². The molecular weight excluding hydrogens is 328 g/mol. The van der Waals surface area contributed by atoms with Gasteiger partial charge in [0.05, 0.1) is 7.11 Å². The molecular formula is C20H26N4O2. The van der Waals surface area contributed by atoms with Gasteiger partial charge in [-0.2, -0.15) is 0 Å². The van der Waals surface area contributed by atoms with Gasteiger partial charge in [0.15, 0.2) is 0 Å². The summed E-state index contributed by atoms with van der Waals surface area (Å²) in [7, 11) is 1.65. The Balaban J connectivity index is 1.67. The van der Waals surface area contributed by atoms with E-state index in [-0.39, 0.29) is 11.9 Å². The molecule has 2 aromatic rings. The van der Waals surface area contributed by atoms with E-state index in [0.29, 0.717) is 18.2 Å². The summed E-state index contributed by atoms with van der Waals surface area (Å²) in [6, 6.07) is 9.78. The van der Waals surface area contributed by atoms with Gasteiger partial charge in [-0.25, -0.2) is 9.97 Å². The smallest absolute Gasteiger partial charge is 0.270 e. The minimum atomic E-state index is -0.122. The lowest BCUT2D eigenvalue weighted by Gasteiger charge is -2.22. The molecule has 1 aliphatic carbocycles. The maximum atomic E-state index is 12.5. The molecule has 26 heavy (non-hydrogen) atoms. The summed E-state index contributed by atoms with van der Waals surface area (Å²) in [5.41, 5.74) is 2.18. The third kappa shape index (κ3) is 4.71. The number of aromatic nitrogens is 2. The molecule has 0 bridgehead atoms. The van der Waals surface area contributed by atoms with Crippen LogP contribution in [0.5, 0.6) is 5.75 Å². The number of anilines is 1. The van der Waals surface area contributed by atoms with Crippen molar-refractivity contribution in [3.05, 3.63) is 47.3 Å². The summed E-state index contributed by atoms with van der Waals surface area (Å²) in [4.78, 5) is 21.3. The lowest BCUT2D eigenvalue weighted by molar-refractivity contribution is 0.0922. The molecule has 0 radical (unpaired) electrons. The summed E-state index contributed by atoms with van der Waals surface area (Å²) in [5, 5.41) is 6.30. The number of hydrogen-bond donors (Lipinski definition) is 2. The molecule has 6 heteroatoms. The zero-order valence-corrected chi connectivity index (χ0v) is 15.4. The van der Waals surface area contributed by atoms with Gasteiger partial charge in [-0.15, -0.1) is 0 Å². The van der Waals surface area contributed by atoms with Gasteiger partial charge in [0, 0.05) is 23.8 Å². The van der Waals surface area contributed by atoms with Gasteiger partial charge in [0.2, 0.25) is 5.95 Å². The Morgan fingerprint density at radius 2 is 1.96 bits per heavy atom. The fourth-order valence-corrected chi connectivity index (χ4v) is 3.29. The van der Waals surface area contributed by atoms with E-state index in [4.69, 9.17) is 4.74 Å². The van der Waals surface area contributed by atoms with Gasteiger partial charge in [0.25, 0.3) is 5.91 Å². The van der Waals surface area contributed by atoms with Crippen LogP contribution in [0, 0.1) is 6.92 Å². The first-order chi connectivity index (χ1) is 12.7. The Labute approximate surface area is 154 Å². The van der Waals surface area contributed by atoms with E-state index in [1.165, 1.54) is 19.3 Å². The van der Waals surface area contributed by atoms with Crippen LogP contribution in [0.2, 0.25) is 0 Å². The number of aryl methyl sites for hydroxylation is 1. The maximum absolute atomic E-state index is 12.5. The minimum absolute atomic E-state index is 0.122. The predicted octanol–water partition coefficient (Wildman–Crippen LogP) is 3.47. The molecule has 1 aromatic heterocycles. The average Bonchev–Trinajstić information content (AvgIpc) is 2.67. The van der Waals surface area contributed by atoms with Gasteiger partial charge in [-0.1, -0.05) is 37.5 Å². The summed E-state index contributed by atoms with van der Waals surface area (Å²) in [6.45, 7) is 2.39. The molecule has 3 rings (SSSR count). The second-order valence-electron chi connectivity index (χ2n) is 6.69. The Hall–Kier alpha value is -2.63. The van der Waals surface area contributed by atoms with Gasteiger partial charge in [-0.3, -0.25) is 4.79 Å². The van der Waals surface area contributed by atoms with Crippen molar-refractivity contribution in [2.75, 3.05) is 12.4 Å². The van der Waals surface area contributed by atoms with Crippen molar-refractivity contribution in [1.29, 1.82) is 0 Å². The number of nitrogens with one attached hydrogen (secondary N) is 2. The zero-order chi connectivity index (χ0) is 18.4. The van der Waals surface area contributed by atoms with Crippen molar-refractivity contribution in [2.45, 2.75) is 51.6 Å². The van der Waals surface area contributed by atoms with E-state index >= 15 is 0 Å². The SMILES string of the molecule is COc1ccccc1CNc1nc(C)cc(C(=O)NC2CCCCC2)n1. The second-order valence-corrected chi connectivity index (χ2v) is 6.69. The summed E-state index contributed by atoms with van der Waals surface area (Å²) in [5.74, 6) is 1.13. The number of amides is 1. The van der Waals surface area contributed by atoms with Gasteiger partial charge < -0.3 is 15.4 Å². The second kappa shape index (κ2) is 8.65. The Kier molecular flexibility index (Phi) is 6.04. The van der Waals surface area contributed by atoms with Crippen molar-refractivity contribution in [3.8, 4) is 5.75 Å². The largest absolute Gasteiger partial charge is 0.496 e. The number of benzene rings is 1. The van der Waals surface area contributed by atoms with Crippen LogP contribution in [0.3, 0.4) is 0 Å². The first-order valence-electron chi connectivity index (χ1n) is 9.18. The topological polar surface area (TPSA) is 76.1 Å². The number of ether oxygens (including phenoxy) is 1. The summed E-state index contributed by atoms with van der Waals surface area (Å²) in [6.07, 6.45) is 5.72. The van der Waals surface area contributed by atoms with Crippen LogP contribution in [0.1, 0.15) is 53.8 Å². The number of methoxy groups -OCH3 is 1. The molecule has 1 amide bonds. The van der Waals surface area contributed by atoms with E-state index in [1.807, 2.05) is 31.2 Å². The highest BCUT2D eigenvalue weighted by atomic mass is 16.5.